The zero-order valence-corrected chi connectivity index (χ0v) is 13.9. The Labute approximate surface area is 140 Å². The Balaban J connectivity index is 1.76. The van der Waals surface area contributed by atoms with Crippen LogP contribution >= 0.6 is 33.9 Å². The van der Waals surface area contributed by atoms with E-state index in [-0.39, 0.29) is 5.91 Å². The van der Waals surface area contributed by atoms with Crippen molar-refractivity contribution >= 4 is 45.0 Å². The quantitative estimate of drug-likeness (QED) is 0.643. The Morgan fingerprint density at radius 2 is 1.76 bits per heavy atom. The molecule has 1 N–H and O–H groups in total. The van der Waals surface area contributed by atoms with E-state index in [9.17, 15) is 4.79 Å². The van der Waals surface area contributed by atoms with E-state index in [0.717, 1.165) is 11.3 Å². The summed E-state index contributed by atoms with van der Waals surface area (Å²) >= 11 is 3.70. The minimum atomic E-state index is -0.140. The Hall–Kier alpha value is -1.73. The molecule has 2 aromatic carbocycles. The first-order valence-electron chi connectivity index (χ1n) is 6.30. The van der Waals surface area contributed by atoms with Gasteiger partial charge in [0.15, 0.2) is 5.13 Å². The average molecular weight is 406 g/mol. The first-order chi connectivity index (χ1) is 10.2. The molecule has 3 rings (SSSR count). The van der Waals surface area contributed by atoms with Gasteiger partial charge in [-0.25, -0.2) is 4.98 Å². The smallest absolute Gasteiger partial charge is 0.257 e. The van der Waals surface area contributed by atoms with Crippen LogP contribution in [-0.4, -0.2) is 10.9 Å². The summed E-state index contributed by atoms with van der Waals surface area (Å²) in [5, 5.41) is 5.38. The van der Waals surface area contributed by atoms with E-state index in [1.807, 2.05) is 47.8 Å². The molecule has 0 unspecified atom stereocenters. The van der Waals surface area contributed by atoms with Crippen LogP contribution in [0.1, 0.15) is 10.4 Å². The monoisotopic (exact) mass is 406 g/mol. The number of nitrogens with zero attached hydrogens (tertiary/aromatic N) is 1. The minimum Gasteiger partial charge on any atom is -0.298 e. The predicted octanol–water partition coefficient (Wildman–Crippen LogP) is 4.67. The normalized spacial score (nSPS) is 10.3. The fraction of sp³-hybridized carbons (Fsp3) is 0. The SMILES string of the molecule is O=C(Nc1nc(-c2ccc(I)cc2)cs1)c1ccccc1. The molecule has 21 heavy (non-hydrogen) atoms. The average Bonchev–Trinajstić information content (AvgIpc) is 2.97. The number of amides is 1. The summed E-state index contributed by atoms with van der Waals surface area (Å²) in [6.45, 7) is 0. The first-order valence-corrected chi connectivity index (χ1v) is 8.26. The summed E-state index contributed by atoms with van der Waals surface area (Å²) in [6.07, 6.45) is 0. The summed E-state index contributed by atoms with van der Waals surface area (Å²) in [6, 6.07) is 17.3. The standard InChI is InChI=1S/C16H11IN2OS/c17-13-8-6-11(7-9-13)14-10-21-16(18-14)19-15(20)12-4-2-1-3-5-12/h1-10H,(H,18,19,20). The Kier molecular flexibility index (Phi) is 4.31. The second kappa shape index (κ2) is 6.36. The van der Waals surface area contributed by atoms with Crippen LogP contribution in [0.5, 0.6) is 0 Å². The van der Waals surface area contributed by atoms with Crippen LogP contribution in [0.2, 0.25) is 0 Å². The van der Waals surface area contributed by atoms with E-state index in [1.54, 1.807) is 12.1 Å². The third kappa shape index (κ3) is 3.48. The molecule has 0 fully saturated rings. The topological polar surface area (TPSA) is 42.0 Å². The highest BCUT2D eigenvalue weighted by Gasteiger charge is 2.09. The number of hydrogen-bond donors (Lipinski definition) is 1. The number of benzene rings is 2. The molecule has 1 amide bonds. The van der Waals surface area contributed by atoms with Gasteiger partial charge >= 0.3 is 0 Å². The zero-order chi connectivity index (χ0) is 14.7. The van der Waals surface area contributed by atoms with Crippen molar-refractivity contribution in [2.75, 3.05) is 5.32 Å². The van der Waals surface area contributed by atoms with Crippen LogP contribution in [-0.2, 0) is 0 Å². The number of carbonyl (C=O) groups is 1. The van der Waals surface area contributed by atoms with Crippen molar-refractivity contribution in [2.24, 2.45) is 0 Å². The largest absolute Gasteiger partial charge is 0.298 e. The maximum Gasteiger partial charge on any atom is 0.257 e. The van der Waals surface area contributed by atoms with Crippen molar-refractivity contribution in [2.45, 2.75) is 0 Å². The van der Waals surface area contributed by atoms with Gasteiger partial charge in [0, 0.05) is 20.1 Å². The number of carbonyl (C=O) groups excluding carboxylic acids is 1. The Morgan fingerprint density at radius 3 is 2.48 bits per heavy atom. The molecule has 1 heterocycles. The molecule has 0 atom stereocenters. The lowest BCUT2D eigenvalue weighted by Crippen LogP contribution is -2.11. The van der Waals surface area contributed by atoms with Gasteiger partial charge in [0.1, 0.15) is 0 Å². The summed E-state index contributed by atoms with van der Waals surface area (Å²) < 4.78 is 1.18. The minimum absolute atomic E-state index is 0.140. The van der Waals surface area contributed by atoms with Crippen molar-refractivity contribution in [1.82, 2.24) is 4.98 Å². The van der Waals surface area contributed by atoms with Gasteiger partial charge in [0.25, 0.3) is 5.91 Å². The molecule has 0 saturated carbocycles. The lowest BCUT2D eigenvalue weighted by molar-refractivity contribution is 0.102. The molecular weight excluding hydrogens is 395 g/mol. The molecule has 3 aromatic rings. The maximum atomic E-state index is 12.1. The fourth-order valence-electron chi connectivity index (χ4n) is 1.84. The number of halogens is 1. The van der Waals surface area contributed by atoms with E-state index < -0.39 is 0 Å². The molecule has 0 spiro atoms. The second-order valence-electron chi connectivity index (χ2n) is 4.36. The third-order valence-corrected chi connectivity index (χ3v) is 4.38. The van der Waals surface area contributed by atoms with Gasteiger partial charge in [-0.05, 0) is 46.9 Å². The van der Waals surface area contributed by atoms with E-state index in [2.05, 4.69) is 32.9 Å². The molecule has 0 aliphatic carbocycles. The van der Waals surface area contributed by atoms with Gasteiger partial charge < -0.3 is 0 Å². The van der Waals surface area contributed by atoms with Gasteiger partial charge in [-0.2, -0.15) is 0 Å². The Bertz CT molecular complexity index is 753. The maximum absolute atomic E-state index is 12.1. The van der Waals surface area contributed by atoms with Crippen LogP contribution in [0, 0.1) is 3.57 Å². The molecule has 3 nitrogen and oxygen atoms in total. The molecule has 104 valence electrons. The fourth-order valence-corrected chi connectivity index (χ4v) is 2.92. The summed E-state index contributed by atoms with van der Waals surface area (Å²) in [5.74, 6) is -0.140. The van der Waals surface area contributed by atoms with Gasteiger partial charge in [0.2, 0.25) is 0 Å². The van der Waals surface area contributed by atoms with E-state index in [1.165, 1.54) is 14.9 Å². The highest BCUT2D eigenvalue weighted by Crippen LogP contribution is 2.25. The van der Waals surface area contributed by atoms with Crippen molar-refractivity contribution < 1.29 is 4.79 Å². The predicted molar refractivity (Wildman–Crippen MR) is 94.7 cm³/mol. The summed E-state index contributed by atoms with van der Waals surface area (Å²) in [4.78, 5) is 16.5. The summed E-state index contributed by atoms with van der Waals surface area (Å²) in [7, 11) is 0. The van der Waals surface area contributed by atoms with Crippen molar-refractivity contribution in [3.8, 4) is 11.3 Å². The first kappa shape index (κ1) is 14.2. The second-order valence-corrected chi connectivity index (χ2v) is 6.47. The van der Waals surface area contributed by atoms with Gasteiger partial charge in [-0.1, -0.05) is 30.3 Å². The van der Waals surface area contributed by atoms with Gasteiger partial charge in [-0.15, -0.1) is 11.3 Å². The number of hydrogen-bond acceptors (Lipinski definition) is 3. The van der Waals surface area contributed by atoms with Crippen LogP contribution in [0.15, 0.2) is 60.0 Å². The van der Waals surface area contributed by atoms with Gasteiger partial charge in [-0.3, -0.25) is 10.1 Å². The summed E-state index contributed by atoms with van der Waals surface area (Å²) in [5.41, 5.74) is 2.55. The molecule has 0 radical (unpaired) electrons. The van der Waals surface area contributed by atoms with Crippen LogP contribution in [0.4, 0.5) is 5.13 Å². The molecule has 1 aromatic heterocycles. The zero-order valence-electron chi connectivity index (χ0n) is 10.9. The lowest BCUT2D eigenvalue weighted by Gasteiger charge is -2.01. The number of aromatic nitrogens is 1. The molecule has 0 saturated heterocycles. The van der Waals surface area contributed by atoms with Crippen molar-refractivity contribution in [1.29, 1.82) is 0 Å². The van der Waals surface area contributed by atoms with Crippen molar-refractivity contribution in [3.63, 3.8) is 0 Å². The van der Waals surface area contributed by atoms with E-state index in [0.29, 0.717) is 10.7 Å². The van der Waals surface area contributed by atoms with Gasteiger partial charge in [0.05, 0.1) is 5.69 Å². The molecule has 5 heteroatoms. The number of thiazole rings is 1. The molecule has 0 bridgehead atoms. The van der Waals surface area contributed by atoms with E-state index >= 15 is 0 Å². The van der Waals surface area contributed by atoms with E-state index in [4.69, 9.17) is 0 Å². The molecular formula is C16H11IN2OS. The van der Waals surface area contributed by atoms with Crippen LogP contribution in [0.25, 0.3) is 11.3 Å². The molecule has 0 aliphatic rings. The number of nitrogens with one attached hydrogen (secondary N) is 1. The molecule has 0 aliphatic heterocycles. The third-order valence-electron chi connectivity index (χ3n) is 2.90. The number of rotatable bonds is 3. The number of anilines is 1. The van der Waals surface area contributed by atoms with Crippen molar-refractivity contribution in [3.05, 3.63) is 69.1 Å². The highest BCUT2D eigenvalue weighted by molar-refractivity contribution is 14.1. The Morgan fingerprint density at radius 1 is 1.05 bits per heavy atom. The lowest BCUT2D eigenvalue weighted by atomic mass is 10.2. The van der Waals surface area contributed by atoms with Crippen LogP contribution < -0.4 is 5.32 Å². The highest BCUT2D eigenvalue weighted by atomic mass is 127. The van der Waals surface area contributed by atoms with Crippen LogP contribution in [0.3, 0.4) is 0 Å².